The molecular weight excluding hydrogens is 250 g/mol. The molecule has 2 aromatic rings. The van der Waals surface area contributed by atoms with Crippen LogP contribution in [0.2, 0.25) is 0 Å². The average Bonchev–Trinajstić information content (AvgIpc) is 2.37. The second-order valence-electron chi connectivity index (χ2n) is 4.30. The molecule has 0 radical (unpaired) electrons. The van der Waals surface area contributed by atoms with Gasteiger partial charge in [0.15, 0.2) is 11.6 Å². The molecule has 0 saturated heterocycles. The van der Waals surface area contributed by atoms with E-state index in [0.29, 0.717) is 6.42 Å². The maximum Gasteiger partial charge on any atom is 0.222 e. The SMILES string of the molecule is CC(Cc1ccc(F)cc1)Nc1nc(N)ncc1F. The molecule has 0 aliphatic rings. The van der Waals surface area contributed by atoms with Crippen molar-refractivity contribution in [3.63, 3.8) is 0 Å². The Morgan fingerprint density at radius 2 is 1.95 bits per heavy atom. The summed E-state index contributed by atoms with van der Waals surface area (Å²) in [5, 5.41) is 2.91. The van der Waals surface area contributed by atoms with Crippen molar-refractivity contribution in [1.82, 2.24) is 9.97 Å². The van der Waals surface area contributed by atoms with Gasteiger partial charge in [-0.1, -0.05) is 12.1 Å². The number of hydrogen-bond donors (Lipinski definition) is 2. The Labute approximate surface area is 109 Å². The molecule has 1 aromatic heterocycles. The minimum absolute atomic E-state index is 0.0119. The number of rotatable bonds is 4. The van der Waals surface area contributed by atoms with Crippen molar-refractivity contribution in [2.24, 2.45) is 0 Å². The smallest absolute Gasteiger partial charge is 0.222 e. The monoisotopic (exact) mass is 264 g/mol. The zero-order valence-corrected chi connectivity index (χ0v) is 10.4. The Bertz CT molecular complexity index is 557. The summed E-state index contributed by atoms with van der Waals surface area (Å²) in [5.41, 5.74) is 6.35. The topological polar surface area (TPSA) is 63.8 Å². The third-order valence-electron chi connectivity index (χ3n) is 2.60. The number of nitrogen functional groups attached to an aromatic ring is 1. The Kier molecular flexibility index (Phi) is 3.89. The van der Waals surface area contributed by atoms with Gasteiger partial charge in [-0.15, -0.1) is 0 Å². The number of halogens is 2. The normalized spacial score (nSPS) is 12.2. The highest BCUT2D eigenvalue weighted by atomic mass is 19.1. The maximum absolute atomic E-state index is 13.4. The summed E-state index contributed by atoms with van der Waals surface area (Å²) in [5.74, 6) is -0.751. The molecule has 0 aliphatic heterocycles. The van der Waals surface area contributed by atoms with E-state index in [1.54, 1.807) is 12.1 Å². The standard InChI is InChI=1S/C13H14F2N4/c1-8(6-9-2-4-10(14)5-3-9)18-12-11(15)7-17-13(16)19-12/h2-5,7-8H,6H2,1H3,(H3,16,17,18,19). The lowest BCUT2D eigenvalue weighted by molar-refractivity contribution is 0.612. The highest BCUT2D eigenvalue weighted by molar-refractivity contribution is 5.40. The average molecular weight is 264 g/mol. The van der Waals surface area contributed by atoms with Gasteiger partial charge in [-0.05, 0) is 31.0 Å². The second kappa shape index (κ2) is 5.60. The number of benzene rings is 1. The molecule has 4 nitrogen and oxygen atoms in total. The van der Waals surface area contributed by atoms with Gasteiger partial charge >= 0.3 is 0 Å². The third-order valence-corrected chi connectivity index (χ3v) is 2.60. The minimum Gasteiger partial charge on any atom is -0.368 e. The lowest BCUT2D eigenvalue weighted by Gasteiger charge is -2.15. The number of hydrogen-bond acceptors (Lipinski definition) is 4. The van der Waals surface area contributed by atoms with Crippen LogP contribution in [0.15, 0.2) is 30.5 Å². The van der Waals surface area contributed by atoms with E-state index in [1.165, 1.54) is 12.1 Å². The summed E-state index contributed by atoms with van der Waals surface area (Å²) in [6, 6.07) is 6.10. The summed E-state index contributed by atoms with van der Waals surface area (Å²) in [7, 11) is 0. The van der Waals surface area contributed by atoms with E-state index in [1.807, 2.05) is 6.92 Å². The fourth-order valence-electron chi connectivity index (χ4n) is 1.74. The molecule has 2 rings (SSSR count). The van der Waals surface area contributed by atoms with Crippen LogP contribution in [-0.4, -0.2) is 16.0 Å². The highest BCUT2D eigenvalue weighted by Crippen LogP contribution is 2.13. The van der Waals surface area contributed by atoms with Crippen molar-refractivity contribution in [1.29, 1.82) is 0 Å². The van der Waals surface area contributed by atoms with Gasteiger partial charge in [-0.3, -0.25) is 0 Å². The minimum atomic E-state index is -0.555. The van der Waals surface area contributed by atoms with Crippen LogP contribution in [0.25, 0.3) is 0 Å². The lowest BCUT2D eigenvalue weighted by Crippen LogP contribution is -2.20. The fraction of sp³-hybridized carbons (Fsp3) is 0.231. The van der Waals surface area contributed by atoms with Gasteiger partial charge in [-0.2, -0.15) is 4.98 Å². The summed E-state index contributed by atoms with van der Waals surface area (Å²) in [6.45, 7) is 1.88. The lowest BCUT2D eigenvalue weighted by atomic mass is 10.1. The largest absolute Gasteiger partial charge is 0.368 e. The molecule has 1 heterocycles. The van der Waals surface area contributed by atoms with Crippen molar-refractivity contribution >= 4 is 11.8 Å². The zero-order chi connectivity index (χ0) is 13.8. The van der Waals surface area contributed by atoms with Gasteiger partial charge in [0.2, 0.25) is 5.95 Å². The first-order chi connectivity index (χ1) is 9.04. The maximum atomic E-state index is 13.4. The van der Waals surface area contributed by atoms with Gasteiger partial charge in [0.05, 0.1) is 6.20 Å². The van der Waals surface area contributed by atoms with E-state index < -0.39 is 5.82 Å². The van der Waals surface area contributed by atoms with Gasteiger partial charge in [0.1, 0.15) is 5.82 Å². The number of nitrogens with two attached hydrogens (primary N) is 1. The molecule has 6 heteroatoms. The Balaban J connectivity index is 2.02. The first kappa shape index (κ1) is 13.2. The molecule has 0 saturated carbocycles. The van der Waals surface area contributed by atoms with Crippen LogP contribution in [0.4, 0.5) is 20.5 Å². The highest BCUT2D eigenvalue weighted by Gasteiger charge is 2.09. The Morgan fingerprint density at radius 3 is 2.63 bits per heavy atom. The van der Waals surface area contributed by atoms with Crippen molar-refractivity contribution in [2.75, 3.05) is 11.1 Å². The van der Waals surface area contributed by atoms with Crippen molar-refractivity contribution in [2.45, 2.75) is 19.4 Å². The molecule has 0 amide bonds. The molecule has 1 atom stereocenters. The predicted molar refractivity (Wildman–Crippen MR) is 69.6 cm³/mol. The van der Waals surface area contributed by atoms with Crippen LogP contribution in [0.1, 0.15) is 12.5 Å². The summed E-state index contributed by atoms with van der Waals surface area (Å²) >= 11 is 0. The van der Waals surface area contributed by atoms with Crippen molar-refractivity contribution in [3.05, 3.63) is 47.7 Å². The van der Waals surface area contributed by atoms with Crippen LogP contribution in [0.3, 0.4) is 0 Å². The van der Waals surface area contributed by atoms with Gasteiger partial charge in [0.25, 0.3) is 0 Å². The number of aromatic nitrogens is 2. The summed E-state index contributed by atoms with van der Waals surface area (Å²) in [4.78, 5) is 7.34. The molecule has 19 heavy (non-hydrogen) atoms. The number of nitrogens with one attached hydrogen (secondary N) is 1. The van der Waals surface area contributed by atoms with E-state index in [-0.39, 0.29) is 23.6 Å². The molecule has 0 aliphatic carbocycles. The molecule has 0 fully saturated rings. The van der Waals surface area contributed by atoms with E-state index in [2.05, 4.69) is 15.3 Å². The van der Waals surface area contributed by atoms with Gasteiger partial charge < -0.3 is 11.1 Å². The Hall–Kier alpha value is -2.24. The quantitative estimate of drug-likeness (QED) is 0.890. The van der Waals surface area contributed by atoms with Crippen LogP contribution in [0, 0.1) is 11.6 Å². The molecule has 1 unspecified atom stereocenters. The van der Waals surface area contributed by atoms with Crippen LogP contribution in [-0.2, 0) is 6.42 Å². The molecular formula is C13H14F2N4. The third kappa shape index (κ3) is 3.61. The van der Waals surface area contributed by atoms with Crippen molar-refractivity contribution in [3.8, 4) is 0 Å². The van der Waals surface area contributed by atoms with Crippen molar-refractivity contribution < 1.29 is 8.78 Å². The van der Waals surface area contributed by atoms with E-state index in [9.17, 15) is 8.78 Å². The van der Waals surface area contributed by atoms with Crippen LogP contribution >= 0.6 is 0 Å². The van der Waals surface area contributed by atoms with E-state index >= 15 is 0 Å². The second-order valence-corrected chi connectivity index (χ2v) is 4.30. The Morgan fingerprint density at radius 1 is 1.26 bits per heavy atom. The van der Waals surface area contributed by atoms with Gasteiger partial charge in [-0.25, -0.2) is 13.8 Å². The first-order valence-corrected chi connectivity index (χ1v) is 5.83. The van der Waals surface area contributed by atoms with Gasteiger partial charge in [0, 0.05) is 6.04 Å². The van der Waals surface area contributed by atoms with E-state index in [4.69, 9.17) is 5.73 Å². The van der Waals surface area contributed by atoms with Crippen LogP contribution in [0.5, 0.6) is 0 Å². The summed E-state index contributed by atoms with van der Waals surface area (Å²) in [6.07, 6.45) is 1.64. The molecule has 3 N–H and O–H groups in total. The number of nitrogens with zero attached hydrogens (tertiary/aromatic N) is 2. The molecule has 0 spiro atoms. The molecule has 0 bridgehead atoms. The molecule has 1 aromatic carbocycles. The fourth-order valence-corrected chi connectivity index (χ4v) is 1.74. The summed E-state index contributed by atoms with van der Waals surface area (Å²) < 4.78 is 26.2. The molecule has 100 valence electrons. The predicted octanol–water partition coefficient (Wildman–Crippen LogP) is 2.38. The first-order valence-electron chi connectivity index (χ1n) is 5.83. The van der Waals surface area contributed by atoms with Crippen LogP contribution < -0.4 is 11.1 Å². The van der Waals surface area contributed by atoms with E-state index in [0.717, 1.165) is 11.8 Å². The number of anilines is 2. The zero-order valence-electron chi connectivity index (χ0n) is 10.4.